The molecule has 96 valence electrons. The normalized spacial score (nSPS) is 22.6. The Morgan fingerprint density at radius 1 is 1.24 bits per heavy atom. The van der Waals surface area contributed by atoms with Crippen molar-refractivity contribution in [3.8, 4) is 0 Å². The van der Waals surface area contributed by atoms with E-state index in [0.717, 1.165) is 25.9 Å². The zero-order chi connectivity index (χ0) is 12.3. The van der Waals surface area contributed by atoms with E-state index in [1.54, 1.807) is 11.2 Å². The predicted molar refractivity (Wildman–Crippen MR) is 69.1 cm³/mol. The smallest absolute Gasteiger partial charge is 0.213 e. The molecule has 0 bridgehead atoms. The van der Waals surface area contributed by atoms with E-state index in [2.05, 4.69) is 23.1 Å². The van der Waals surface area contributed by atoms with E-state index in [4.69, 9.17) is 0 Å². The first kappa shape index (κ1) is 12.6. The molecule has 0 amide bonds. The zero-order valence-electron chi connectivity index (χ0n) is 10.3. The van der Waals surface area contributed by atoms with Crippen LogP contribution in [0.5, 0.6) is 0 Å². The van der Waals surface area contributed by atoms with Crippen LogP contribution in [0.2, 0.25) is 0 Å². The molecule has 1 saturated heterocycles. The van der Waals surface area contributed by atoms with Gasteiger partial charge in [-0.2, -0.15) is 4.31 Å². The summed E-state index contributed by atoms with van der Waals surface area (Å²) < 4.78 is 25.1. The molecule has 0 aromatic heterocycles. The second-order valence-electron chi connectivity index (χ2n) is 4.41. The Labute approximate surface area is 104 Å². The molecule has 17 heavy (non-hydrogen) atoms. The minimum atomic E-state index is -3.00. The Morgan fingerprint density at radius 2 is 1.94 bits per heavy atom. The molecule has 0 atom stereocenters. The van der Waals surface area contributed by atoms with E-state index >= 15 is 0 Å². The number of nitrogens with zero attached hydrogens (tertiary/aromatic N) is 2. The van der Waals surface area contributed by atoms with Gasteiger partial charge in [0, 0.05) is 31.9 Å². The van der Waals surface area contributed by atoms with Crippen molar-refractivity contribution in [3.05, 3.63) is 23.9 Å². The molecular formula is C12H20N2O2S. The van der Waals surface area contributed by atoms with Crippen molar-refractivity contribution >= 4 is 10.0 Å². The standard InChI is InChI=1S/C12H20N2O2S/c1-2-17(15,16)14-10-8-13(9-11-14)12-6-4-3-5-7-12/h3-4,6H,2,5,7-11H2,1H3. The Bertz CT molecular complexity index is 418. The van der Waals surface area contributed by atoms with Crippen molar-refractivity contribution in [3.63, 3.8) is 0 Å². The maximum atomic E-state index is 11.7. The van der Waals surface area contributed by atoms with E-state index in [1.807, 2.05) is 0 Å². The van der Waals surface area contributed by atoms with E-state index in [9.17, 15) is 8.42 Å². The number of sulfonamides is 1. The fourth-order valence-electron chi connectivity index (χ4n) is 2.29. The molecule has 0 spiro atoms. The van der Waals surface area contributed by atoms with Crippen molar-refractivity contribution in [1.29, 1.82) is 0 Å². The van der Waals surface area contributed by atoms with Crippen LogP contribution in [0.1, 0.15) is 19.8 Å². The van der Waals surface area contributed by atoms with E-state index in [0.29, 0.717) is 13.1 Å². The van der Waals surface area contributed by atoms with Gasteiger partial charge in [0.15, 0.2) is 0 Å². The Kier molecular flexibility index (Phi) is 3.89. The lowest BCUT2D eigenvalue weighted by Gasteiger charge is -2.37. The van der Waals surface area contributed by atoms with Crippen LogP contribution in [-0.2, 0) is 10.0 Å². The lowest BCUT2D eigenvalue weighted by atomic mass is 10.1. The number of allylic oxidation sites excluding steroid dienone is 4. The molecule has 2 aliphatic rings. The van der Waals surface area contributed by atoms with Crippen molar-refractivity contribution in [2.75, 3.05) is 31.9 Å². The predicted octanol–water partition coefficient (Wildman–Crippen LogP) is 1.19. The molecule has 1 fully saturated rings. The summed E-state index contributed by atoms with van der Waals surface area (Å²) in [4.78, 5) is 2.31. The van der Waals surface area contributed by atoms with Gasteiger partial charge < -0.3 is 4.90 Å². The molecule has 1 heterocycles. The number of hydrogen-bond acceptors (Lipinski definition) is 3. The van der Waals surface area contributed by atoms with Crippen LogP contribution in [0.4, 0.5) is 0 Å². The Balaban J connectivity index is 1.94. The molecular weight excluding hydrogens is 236 g/mol. The third kappa shape index (κ3) is 2.90. The summed E-state index contributed by atoms with van der Waals surface area (Å²) in [6.07, 6.45) is 8.58. The van der Waals surface area contributed by atoms with Crippen LogP contribution in [0.15, 0.2) is 23.9 Å². The maximum Gasteiger partial charge on any atom is 0.213 e. The fraction of sp³-hybridized carbons (Fsp3) is 0.667. The molecule has 0 aromatic carbocycles. The molecule has 2 rings (SSSR count). The van der Waals surface area contributed by atoms with Crippen LogP contribution >= 0.6 is 0 Å². The SMILES string of the molecule is CCS(=O)(=O)N1CCN(C2=CC=CCC2)CC1. The summed E-state index contributed by atoms with van der Waals surface area (Å²) in [5.74, 6) is 0.207. The fourth-order valence-corrected chi connectivity index (χ4v) is 3.37. The average molecular weight is 256 g/mol. The van der Waals surface area contributed by atoms with Gasteiger partial charge in [-0.1, -0.05) is 12.2 Å². The molecule has 1 aliphatic heterocycles. The first-order valence-electron chi connectivity index (χ1n) is 6.22. The highest BCUT2D eigenvalue weighted by Gasteiger charge is 2.26. The van der Waals surface area contributed by atoms with Crippen LogP contribution in [0.25, 0.3) is 0 Å². The Hall–Kier alpha value is -0.810. The van der Waals surface area contributed by atoms with Gasteiger partial charge in [-0.05, 0) is 25.8 Å². The summed E-state index contributed by atoms with van der Waals surface area (Å²) >= 11 is 0. The first-order valence-corrected chi connectivity index (χ1v) is 7.83. The summed E-state index contributed by atoms with van der Waals surface area (Å²) in [7, 11) is -3.00. The second kappa shape index (κ2) is 5.23. The largest absolute Gasteiger partial charge is 0.372 e. The van der Waals surface area contributed by atoms with Crippen molar-refractivity contribution in [1.82, 2.24) is 9.21 Å². The van der Waals surface area contributed by atoms with Crippen LogP contribution in [0, 0.1) is 0 Å². The van der Waals surface area contributed by atoms with Gasteiger partial charge >= 0.3 is 0 Å². The number of piperazine rings is 1. The van der Waals surface area contributed by atoms with Gasteiger partial charge in [-0.15, -0.1) is 0 Å². The summed E-state index contributed by atoms with van der Waals surface area (Å²) in [6.45, 7) is 4.59. The lowest BCUT2D eigenvalue weighted by molar-refractivity contribution is 0.223. The second-order valence-corrected chi connectivity index (χ2v) is 6.67. The average Bonchev–Trinajstić information content (AvgIpc) is 2.40. The molecule has 0 saturated carbocycles. The summed E-state index contributed by atoms with van der Waals surface area (Å²) in [5.41, 5.74) is 1.35. The van der Waals surface area contributed by atoms with Gasteiger partial charge in [0.05, 0.1) is 5.75 Å². The van der Waals surface area contributed by atoms with Crippen LogP contribution in [0.3, 0.4) is 0 Å². The maximum absolute atomic E-state index is 11.7. The molecule has 0 N–H and O–H groups in total. The molecule has 0 aromatic rings. The molecule has 0 unspecified atom stereocenters. The first-order chi connectivity index (χ1) is 8.13. The quantitative estimate of drug-likeness (QED) is 0.761. The monoisotopic (exact) mass is 256 g/mol. The van der Waals surface area contributed by atoms with Crippen molar-refractivity contribution < 1.29 is 8.42 Å². The van der Waals surface area contributed by atoms with E-state index in [-0.39, 0.29) is 5.75 Å². The molecule has 0 radical (unpaired) electrons. The van der Waals surface area contributed by atoms with Gasteiger partial charge in [0.2, 0.25) is 10.0 Å². The number of rotatable bonds is 3. The van der Waals surface area contributed by atoms with Crippen molar-refractivity contribution in [2.45, 2.75) is 19.8 Å². The van der Waals surface area contributed by atoms with Gasteiger partial charge in [0.25, 0.3) is 0 Å². The van der Waals surface area contributed by atoms with Crippen LogP contribution < -0.4 is 0 Å². The highest BCUT2D eigenvalue weighted by atomic mass is 32.2. The summed E-state index contributed by atoms with van der Waals surface area (Å²) in [6, 6.07) is 0. The van der Waals surface area contributed by atoms with Gasteiger partial charge in [-0.25, -0.2) is 8.42 Å². The third-order valence-corrected chi connectivity index (χ3v) is 5.28. The number of hydrogen-bond donors (Lipinski definition) is 0. The van der Waals surface area contributed by atoms with Gasteiger partial charge in [0.1, 0.15) is 0 Å². The highest BCUT2D eigenvalue weighted by molar-refractivity contribution is 7.89. The van der Waals surface area contributed by atoms with Crippen molar-refractivity contribution in [2.24, 2.45) is 0 Å². The molecule has 5 heteroatoms. The van der Waals surface area contributed by atoms with Gasteiger partial charge in [-0.3, -0.25) is 0 Å². The minimum absolute atomic E-state index is 0.207. The topological polar surface area (TPSA) is 40.6 Å². The molecule has 4 nitrogen and oxygen atoms in total. The van der Waals surface area contributed by atoms with E-state index < -0.39 is 10.0 Å². The molecule has 1 aliphatic carbocycles. The summed E-state index contributed by atoms with van der Waals surface area (Å²) in [5, 5.41) is 0. The zero-order valence-corrected chi connectivity index (χ0v) is 11.1. The minimum Gasteiger partial charge on any atom is -0.372 e. The van der Waals surface area contributed by atoms with Crippen LogP contribution in [-0.4, -0.2) is 49.6 Å². The lowest BCUT2D eigenvalue weighted by Crippen LogP contribution is -2.48. The Morgan fingerprint density at radius 3 is 2.47 bits per heavy atom. The highest BCUT2D eigenvalue weighted by Crippen LogP contribution is 2.19. The third-order valence-electron chi connectivity index (χ3n) is 3.39. The van der Waals surface area contributed by atoms with E-state index in [1.165, 1.54) is 5.70 Å².